The Labute approximate surface area is 81.0 Å². The van der Waals surface area contributed by atoms with Gasteiger partial charge in [0.25, 0.3) is 0 Å². The third-order valence-corrected chi connectivity index (χ3v) is 1.89. The second-order valence-corrected chi connectivity index (χ2v) is 3.61. The summed E-state index contributed by atoms with van der Waals surface area (Å²) in [6, 6.07) is 0. The molecular weight excluding hydrogens is 214 g/mol. The van der Waals surface area contributed by atoms with Crippen LogP contribution < -0.4 is 15.2 Å². The summed E-state index contributed by atoms with van der Waals surface area (Å²) in [6.45, 7) is 0.967. The van der Waals surface area contributed by atoms with Gasteiger partial charge in [0.1, 0.15) is 0 Å². The average molecular weight is 225 g/mol. The van der Waals surface area contributed by atoms with E-state index in [1.807, 2.05) is 0 Å². The van der Waals surface area contributed by atoms with Crippen molar-refractivity contribution in [1.29, 1.82) is 0 Å². The molecule has 0 aromatic carbocycles. The summed E-state index contributed by atoms with van der Waals surface area (Å²) in [7, 11) is -4.07. The zero-order valence-corrected chi connectivity index (χ0v) is 8.26. The largest absolute Gasteiger partial charge is 0.449 e. The molecule has 0 aliphatic carbocycles. The van der Waals surface area contributed by atoms with Gasteiger partial charge >= 0.3 is 16.3 Å². The van der Waals surface area contributed by atoms with Crippen molar-refractivity contribution >= 4 is 22.2 Å². The van der Waals surface area contributed by atoms with Crippen molar-refractivity contribution < 1.29 is 22.7 Å². The highest BCUT2D eigenvalue weighted by atomic mass is 32.2. The predicted molar refractivity (Wildman–Crippen MR) is 46.3 cm³/mol. The molecular formula is C5H11N3O5S. The van der Waals surface area contributed by atoms with Crippen molar-refractivity contribution in [2.45, 2.75) is 6.92 Å². The number of amides is 2. The molecule has 0 aliphatic rings. The van der Waals surface area contributed by atoms with E-state index in [-0.39, 0.29) is 6.61 Å². The molecule has 4 N–H and O–H groups in total. The Morgan fingerprint density at radius 1 is 1.43 bits per heavy atom. The highest BCUT2D eigenvalue weighted by Gasteiger charge is 2.14. The minimum Gasteiger partial charge on any atom is -0.449 e. The Hall–Kier alpha value is -1.35. The molecule has 2 amide bonds. The number of carbonyl (C=O) groups excluding carboxylic acids is 2. The topological polar surface area (TPSA) is 128 Å². The molecule has 9 heteroatoms. The van der Waals surface area contributed by atoms with Gasteiger partial charge in [-0.25, -0.2) is 9.52 Å². The Morgan fingerprint density at radius 3 is 2.43 bits per heavy atom. The quantitative estimate of drug-likeness (QED) is 0.501. The third kappa shape index (κ3) is 6.20. The Morgan fingerprint density at radius 2 is 2.00 bits per heavy atom. The van der Waals surface area contributed by atoms with E-state index >= 15 is 0 Å². The van der Waals surface area contributed by atoms with E-state index in [0.29, 0.717) is 0 Å². The van der Waals surface area contributed by atoms with Crippen LogP contribution in [0.4, 0.5) is 4.79 Å². The van der Waals surface area contributed by atoms with Crippen LogP contribution in [0.1, 0.15) is 6.92 Å². The van der Waals surface area contributed by atoms with Gasteiger partial charge in [-0.3, -0.25) is 4.79 Å². The number of primary amides is 1. The van der Waals surface area contributed by atoms with Crippen molar-refractivity contribution in [2.24, 2.45) is 5.73 Å². The van der Waals surface area contributed by atoms with Crippen LogP contribution in [0.3, 0.4) is 0 Å². The lowest BCUT2D eigenvalue weighted by atomic mass is 10.7. The molecule has 0 rings (SSSR count). The van der Waals surface area contributed by atoms with Crippen molar-refractivity contribution in [3.63, 3.8) is 0 Å². The van der Waals surface area contributed by atoms with Crippen molar-refractivity contribution in [2.75, 3.05) is 13.2 Å². The summed E-state index contributed by atoms with van der Waals surface area (Å²) in [6.07, 6.45) is -1.12. The number of ether oxygens (including phenoxy) is 1. The van der Waals surface area contributed by atoms with E-state index in [1.165, 1.54) is 11.6 Å². The fourth-order valence-electron chi connectivity index (χ4n) is 0.472. The Bertz CT molecular complexity index is 311. The first kappa shape index (κ1) is 12.7. The maximum Gasteiger partial charge on any atom is 0.421 e. The van der Waals surface area contributed by atoms with Gasteiger partial charge in [-0.2, -0.15) is 13.1 Å². The van der Waals surface area contributed by atoms with Crippen LogP contribution in [-0.2, 0) is 19.7 Å². The van der Waals surface area contributed by atoms with Gasteiger partial charge in [-0.15, -0.1) is 0 Å². The van der Waals surface area contributed by atoms with Crippen LogP contribution >= 0.6 is 0 Å². The predicted octanol–water partition coefficient (Wildman–Crippen LogP) is -1.95. The number of rotatable bonds is 5. The molecule has 0 bridgehead atoms. The van der Waals surface area contributed by atoms with Crippen LogP contribution in [-0.4, -0.2) is 33.6 Å². The zero-order valence-electron chi connectivity index (χ0n) is 7.44. The zero-order chi connectivity index (χ0) is 11.2. The van der Waals surface area contributed by atoms with E-state index < -0.39 is 28.8 Å². The van der Waals surface area contributed by atoms with Gasteiger partial charge in [0.05, 0.1) is 13.2 Å². The summed E-state index contributed by atoms with van der Waals surface area (Å²) in [5.74, 6) is -0.862. The third-order valence-electron chi connectivity index (χ3n) is 0.930. The molecule has 0 heterocycles. The molecule has 0 fully saturated rings. The van der Waals surface area contributed by atoms with Crippen LogP contribution in [0.5, 0.6) is 0 Å². The van der Waals surface area contributed by atoms with E-state index in [1.54, 1.807) is 4.72 Å². The maximum absolute atomic E-state index is 10.9. The molecule has 8 nitrogen and oxygen atoms in total. The fourth-order valence-corrected chi connectivity index (χ4v) is 1.16. The molecule has 0 aromatic heterocycles. The first-order chi connectivity index (χ1) is 6.37. The van der Waals surface area contributed by atoms with Gasteiger partial charge < -0.3 is 10.5 Å². The summed E-state index contributed by atoms with van der Waals surface area (Å²) in [4.78, 5) is 20.8. The van der Waals surface area contributed by atoms with Gasteiger partial charge in [0.2, 0.25) is 5.91 Å². The van der Waals surface area contributed by atoms with Crippen molar-refractivity contribution in [1.82, 2.24) is 9.44 Å². The lowest BCUT2D eigenvalue weighted by Crippen LogP contribution is -2.43. The molecule has 0 atom stereocenters. The number of nitrogens with one attached hydrogen (secondary N) is 2. The number of hydrogen-bond donors (Lipinski definition) is 3. The molecule has 0 aliphatic heterocycles. The molecule has 0 aromatic rings. The second-order valence-electron chi connectivity index (χ2n) is 2.11. The standard InChI is InChI=1S/C5H11N3O5S/c1-2-13-5(10)8-14(11,12)7-3-4(6)9/h7H,2-3H2,1H3,(H2,6,9)(H,8,10). The van der Waals surface area contributed by atoms with Crippen molar-refractivity contribution in [3.05, 3.63) is 0 Å². The summed E-state index contributed by atoms with van der Waals surface area (Å²) in [5, 5.41) is 0. The molecule has 14 heavy (non-hydrogen) atoms. The first-order valence-corrected chi connectivity index (χ1v) is 5.08. The van der Waals surface area contributed by atoms with Gasteiger partial charge in [0.15, 0.2) is 0 Å². The molecule has 0 spiro atoms. The number of hydrogen-bond acceptors (Lipinski definition) is 5. The minimum atomic E-state index is -4.07. The molecule has 0 saturated heterocycles. The second kappa shape index (κ2) is 5.40. The van der Waals surface area contributed by atoms with E-state index in [4.69, 9.17) is 0 Å². The van der Waals surface area contributed by atoms with E-state index in [2.05, 4.69) is 10.5 Å². The van der Waals surface area contributed by atoms with Crippen LogP contribution in [0.25, 0.3) is 0 Å². The van der Waals surface area contributed by atoms with Gasteiger partial charge in [0, 0.05) is 0 Å². The minimum absolute atomic E-state index is 0.0389. The van der Waals surface area contributed by atoms with Crippen LogP contribution in [0.15, 0.2) is 0 Å². The highest BCUT2D eigenvalue weighted by molar-refractivity contribution is 7.88. The van der Waals surface area contributed by atoms with Gasteiger partial charge in [-0.05, 0) is 6.92 Å². The monoisotopic (exact) mass is 225 g/mol. The Balaban J connectivity index is 4.08. The normalized spacial score (nSPS) is 10.6. The van der Waals surface area contributed by atoms with E-state index in [9.17, 15) is 18.0 Å². The maximum atomic E-state index is 10.9. The SMILES string of the molecule is CCOC(=O)NS(=O)(=O)NCC(N)=O. The highest BCUT2D eigenvalue weighted by Crippen LogP contribution is 1.81. The van der Waals surface area contributed by atoms with Crippen LogP contribution in [0, 0.1) is 0 Å². The smallest absolute Gasteiger partial charge is 0.421 e. The first-order valence-electron chi connectivity index (χ1n) is 3.60. The van der Waals surface area contributed by atoms with Gasteiger partial charge in [-0.1, -0.05) is 0 Å². The molecule has 0 unspecified atom stereocenters. The lowest BCUT2D eigenvalue weighted by molar-refractivity contribution is -0.116. The summed E-state index contributed by atoms with van der Waals surface area (Å²) < 4.78 is 29.3. The lowest BCUT2D eigenvalue weighted by Gasteiger charge is -2.06. The molecule has 0 saturated carbocycles. The van der Waals surface area contributed by atoms with Crippen molar-refractivity contribution in [3.8, 4) is 0 Å². The van der Waals surface area contributed by atoms with E-state index in [0.717, 1.165) is 0 Å². The van der Waals surface area contributed by atoms with Crippen LogP contribution in [0.2, 0.25) is 0 Å². The Kier molecular flexibility index (Phi) is 4.87. The number of carbonyl (C=O) groups is 2. The average Bonchev–Trinajstić information content (AvgIpc) is 2.00. The molecule has 0 radical (unpaired) electrons. The molecule has 82 valence electrons. The number of nitrogens with two attached hydrogens (primary N) is 1. The summed E-state index contributed by atoms with van der Waals surface area (Å²) in [5.41, 5.74) is 4.68. The summed E-state index contributed by atoms with van der Waals surface area (Å²) >= 11 is 0. The fraction of sp³-hybridized carbons (Fsp3) is 0.600.